The summed E-state index contributed by atoms with van der Waals surface area (Å²) in [4.78, 5) is 16.8. The normalized spacial score (nSPS) is 23.0. The Bertz CT molecular complexity index is 543. The van der Waals surface area contributed by atoms with Gasteiger partial charge in [-0.05, 0) is 56.3 Å². The number of piperidine rings is 1. The summed E-state index contributed by atoms with van der Waals surface area (Å²) in [5.74, 6) is 0.270. The fraction of sp³-hybridized carbons (Fsp3) is 0.588. The Morgan fingerprint density at radius 3 is 2.55 bits per heavy atom. The highest BCUT2D eigenvalue weighted by atomic mass is 35.5. The molecule has 120 valence electrons. The Hall–Kier alpha value is -0.770. The summed E-state index contributed by atoms with van der Waals surface area (Å²) in [5, 5.41) is 1.17. The molecule has 1 unspecified atom stereocenters. The predicted molar refractivity (Wildman–Crippen MR) is 90.4 cm³/mol. The van der Waals surface area contributed by atoms with Crippen LogP contribution in [0.25, 0.3) is 0 Å². The second-order valence-corrected chi connectivity index (χ2v) is 7.06. The standard InChI is InChI=1S/C17H22Cl2N2O/c18-14-7-6-13(11-15(14)19)16-5-4-10-21(16)12-17(22)20-8-2-1-3-9-20/h6-7,11,16H,1-5,8-10,12H2. The summed E-state index contributed by atoms with van der Waals surface area (Å²) in [6.45, 7) is 3.34. The Labute approximate surface area is 142 Å². The van der Waals surface area contributed by atoms with Crippen molar-refractivity contribution in [3.63, 3.8) is 0 Å². The first-order chi connectivity index (χ1) is 10.6. The van der Waals surface area contributed by atoms with Crippen molar-refractivity contribution in [1.82, 2.24) is 9.80 Å². The molecule has 1 aromatic rings. The molecule has 0 spiro atoms. The lowest BCUT2D eigenvalue weighted by Crippen LogP contribution is -2.42. The first kappa shape index (κ1) is 16.1. The number of halogens is 2. The number of benzene rings is 1. The lowest BCUT2D eigenvalue weighted by Gasteiger charge is -2.31. The average Bonchev–Trinajstić information content (AvgIpc) is 2.99. The smallest absolute Gasteiger partial charge is 0.236 e. The molecule has 2 heterocycles. The van der Waals surface area contributed by atoms with Crippen LogP contribution in [-0.4, -0.2) is 41.9 Å². The Kier molecular flexibility index (Phi) is 5.27. The van der Waals surface area contributed by atoms with Crippen molar-refractivity contribution < 1.29 is 4.79 Å². The van der Waals surface area contributed by atoms with Crippen LogP contribution in [0, 0.1) is 0 Å². The summed E-state index contributed by atoms with van der Waals surface area (Å²) in [6, 6.07) is 6.10. The Balaban J connectivity index is 1.67. The van der Waals surface area contributed by atoms with Crippen LogP contribution in [0.5, 0.6) is 0 Å². The fourth-order valence-corrected chi connectivity index (χ4v) is 3.84. The highest BCUT2D eigenvalue weighted by Gasteiger charge is 2.29. The van der Waals surface area contributed by atoms with Crippen LogP contribution in [0.4, 0.5) is 0 Å². The molecule has 0 radical (unpaired) electrons. The zero-order valence-electron chi connectivity index (χ0n) is 12.7. The van der Waals surface area contributed by atoms with Gasteiger partial charge in [-0.1, -0.05) is 29.3 Å². The van der Waals surface area contributed by atoms with Gasteiger partial charge < -0.3 is 4.90 Å². The van der Waals surface area contributed by atoms with Gasteiger partial charge in [-0.15, -0.1) is 0 Å². The Morgan fingerprint density at radius 2 is 1.82 bits per heavy atom. The van der Waals surface area contributed by atoms with Crippen molar-refractivity contribution in [2.24, 2.45) is 0 Å². The minimum Gasteiger partial charge on any atom is -0.342 e. The van der Waals surface area contributed by atoms with Gasteiger partial charge in [0.05, 0.1) is 16.6 Å². The van der Waals surface area contributed by atoms with Crippen LogP contribution >= 0.6 is 23.2 Å². The summed E-state index contributed by atoms with van der Waals surface area (Å²) in [6.07, 6.45) is 5.73. The molecule has 0 saturated carbocycles. The van der Waals surface area contributed by atoms with Crippen molar-refractivity contribution in [3.05, 3.63) is 33.8 Å². The quantitative estimate of drug-likeness (QED) is 0.825. The van der Waals surface area contributed by atoms with Gasteiger partial charge >= 0.3 is 0 Å². The molecular formula is C17H22Cl2N2O. The van der Waals surface area contributed by atoms with Gasteiger partial charge in [-0.25, -0.2) is 0 Å². The van der Waals surface area contributed by atoms with E-state index in [0.717, 1.165) is 45.3 Å². The molecule has 1 atom stereocenters. The molecule has 0 N–H and O–H groups in total. The zero-order valence-corrected chi connectivity index (χ0v) is 14.2. The summed E-state index contributed by atoms with van der Waals surface area (Å²) in [5.41, 5.74) is 1.17. The van der Waals surface area contributed by atoms with E-state index in [9.17, 15) is 4.79 Å². The summed E-state index contributed by atoms with van der Waals surface area (Å²) >= 11 is 12.1. The van der Waals surface area contributed by atoms with E-state index in [4.69, 9.17) is 23.2 Å². The number of likely N-dealkylation sites (tertiary alicyclic amines) is 2. The number of carbonyl (C=O) groups excluding carboxylic acids is 1. The summed E-state index contributed by atoms with van der Waals surface area (Å²) < 4.78 is 0. The average molecular weight is 341 g/mol. The first-order valence-corrected chi connectivity index (χ1v) is 8.87. The predicted octanol–water partition coefficient (Wildman–Crippen LogP) is 4.14. The maximum absolute atomic E-state index is 12.5. The number of rotatable bonds is 3. The number of amides is 1. The van der Waals surface area contributed by atoms with E-state index in [1.54, 1.807) is 0 Å². The number of carbonyl (C=O) groups is 1. The lowest BCUT2D eigenvalue weighted by atomic mass is 10.0. The van der Waals surface area contributed by atoms with Crippen LogP contribution in [0.15, 0.2) is 18.2 Å². The largest absolute Gasteiger partial charge is 0.342 e. The minimum absolute atomic E-state index is 0.270. The highest BCUT2D eigenvalue weighted by Crippen LogP contribution is 2.34. The van der Waals surface area contributed by atoms with E-state index < -0.39 is 0 Å². The van der Waals surface area contributed by atoms with Crippen LogP contribution < -0.4 is 0 Å². The molecule has 5 heteroatoms. The summed E-state index contributed by atoms with van der Waals surface area (Å²) in [7, 11) is 0. The van der Waals surface area contributed by atoms with Crippen molar-refractivity contribution in [2.45, 2.75) is 38.1 Å². The van der Waals surface area contributed by atoms with Crippen LogP contribution in [0.1, 0.15) is 43.7 Å². The van der Waals surface area contributed by atoms with Crippen molar-refractivity contribution in [3.8, 4) is 0 Å². The van der Waals surface area contributed by atoms with E-state index in [0.29, 0.717) is 16.6 Å². The zero-order chi connectivity index (χ0) is 15.5. The Morgan fingerprint density at radius 1 is 1.05 bits per heavy atom. The van der Waals surface area contributed by atoms with E-state index in [1.807, 2.05) is 23.1 Å². The van der Waals surface area contributed by atoms with Crippen LogP contribution in [0.3, 0.4) is 0 Å². The SMILES string of the molecule is O=C(CN1CCCC1c1ccc(Cl)c(Cl)c1)N1CCCCC1. The molecule has 2 aliphatic heterocycles. The topological polar surface area (TPSA) is 23.6 Å². The van der Waals surface area contributed by atoms with Gasteiger partial charge in [0.15, 0.2) is 0 Å². The van der Waals surface area contributed by atoms with Crippen molar-refractivity contribution in [1.29, 1.82) is 0 Å². The van der Waals surface area contributed by atoms with Gasteiger partial charge in [0.2, 0.25) is 5.91 Å². The molecule has 2 aliphatic rings. The molecule has 1 amide bonds. The number of hydrogen-bond acceptors (Lipinski definition) is 2. The third-order valence-corrected chi connectivity index (χ3v) is 5.48. The molecular weight excluding hydrogens is 319 g/mol. The van der Waals surface area contributed by atoms with Gasteiger partial charge in [0.1, 0.15) is 0 Å². The second kappa shape index (κ2) is 7.20. The minimum atomic E-state index is 0.270. The third kappa shape index (κ3) is 3.58. The molecule has 22 heavy (non-hydrogen) atoms. The van der Waals surface area contributed by atoms with Crippen LogP contribution in [-0.2, 0) is 4.79 Å². The lowest BCUT2D eigenvalue weighted by molar-refractivity contribution is -0.133. The van der Waals surface area contributed by atoms with Crippen LogP contribution in [0.2, 0.25) is 10.0 Å². The number of nitrogens with zero attached hydrogens (tertiary/aromatic N) is 2. The maximum atomic E-state index is 12.5. The molecule has 0 bridgehead atoms. The maximum Gasteiger partial charge on any atom is 0.236 e. The molecule has 2 saturated heterocycles. The molecule has 2 fully saturated rings. The fourth-order valence-electron chi connectivity index (χ4n) is 3.53. The second-order valence-electron chi connectivity index (χ2n) is 6.24. The van der Waals surface area contributed by atoms with Gasteiger partial charge in [-0.3, -0.25) is 9.69 Å². The third-order valence-electron chi connectivity index (χ3n) is 4.74. The molecule has 0 aromatic heterocycles. The highest BCUT2D eigenvalue weighted by molar-refractivity contribution is 6.42. The molecule has 3 nitrogen and oxygen atoms in total. The molecule has 1 aromatic carbocycles. The van der Waals surface area contributed by atoms with E-state index in [-0.39, 0.29) is 11.9 Å². The van der Waals surface area contributed by atoms with Crippen molar-refractivity contribution in [2.75, 3.05) is 26.2 Å². The first-order valence-electron chi connectivity index (χ1n) is 8.12. The van der Waals surface area contributed by atoms with Gasteiger partial charge in [0, 0.05) is 19.1 Å². The monoisotopic (exact) mass is 340 g/mol. The molecule has 3 rings (SSSR count). The van der Waals surface area contributed by atoms with E-state index in [2.05, 4.69) is 4.90 Å². The van der Waals surface area contributed by atoms with Gasteiger partial charge in [0.25, 0.3) is 0 Å². The van der Waals surface area contributed by atoms with Crippen molar-refractivity contribution >= 4 is 29.1 Å². The molecule has 0 aliphatic carbocycles. The number of hydrogen-bond donors (Lipinski definition) is 0. The van der Waals surface area contributed by atoms with E-state index >= 15 is 0 Å². The van der Waals surface area contributed by atoms with Gasteiger partial charge in [-0.2, -0.15) is 0 Å². The van der Waals surface area contributed by atoms with E-state index in [1.165, 1.54) is 12.0 Å².